The van der Waals surface area contributed by atoms with Gasteiger partial charge in [0.1, 0.15) is 5.75 Å². The minimum atomic E-state index is -4.50. The van der Waals surface area contributed by atoms with Crippen LogP contribution >= 0.6 is 23.2 Å². The first kappa shape index (κ1) is 23.3. The standard InChI is InChI=1S/C20H21Cl2F3N2O2/c1-3-27(4-2)11-13-5-7-15(10-16(13)21)26-19(28)12-29-18-8-6-14(9-17(18)22)20(23,24)25/h5-10H,3-4,11-12H2,1-2H3,(H,26,28). The Kier molecular flexibility index (Phi) is 8.19. The molecule has 0 atom stereocenters. The van der Waals surface area contributed by atoms with E-state index >= 15 is 0 Å². The molecule has 0 saturated carbocycles. The average molecular weight is 449 g/mol. The Bertz CT molecular complexity index is 856. The molecule has 9 heteroatoms. The molecule has 0 aliphatic heterocycles. The Morgan fingerprint density at radius 3 is 2.31 bits per heavy atom. The van der Waals surface area contributed by atoms with Crippen LogP contribution in [0, 0.1) is 0 Å². The third-order valence-corrected chi connectivity index (χ3v) is 4.89. The van der Waals surface area contributed by atoms with Gasteiger partial charge in [0.2, 0.25) is 0 Å². The van der Waals surface area contributed by atoms with Crippen molar-refractivity contribution in [3.8, 4) is 5.75 Å². The Balaban J connectivity index is 1.95. The summed E-state index contributed by atoms with van der Waals surface area (Å²) in [5, 5.41) is 2.94. The van der Waals surface area contributed by atoms with E-state index in [1.807, 2.05) is 6.07 Å². The van der Waals surface area contributed by atoms with Crippen molar-refractivity contribution >= 4 is 34.8 Å². The molecule has 0 aliphatic rings. The molecule has 0 aromatic heterocycles. The lowest BCUT2D eigenvalue weighted by Crippen LogP contribution is -2.22. The van der Waals surface area contributed by atoms with Crippen LogP contribution in [0.3, 0.4) is 0 Å². The summed E-state index contributed by atoms with van der Waals surface area (Å²) in [4.78, 5) is 14.3. The molecule has 0 heterocycles. The molecule has 2 aromatic carbocycles. The molecule has 0 saturated heterocycles. The zero-order chi connectivity index (χ0) is 21.6. The van der Waals surface area contributed by atoms with Gasteiger partial charge in [-0.15, -0.1) is 0 Å². The smallest absolute Gasteiger partial charge is 0.416 e. The zero-order valence-electron chi connectivity index (χ0n) is 15.9. The van der Waals surface area contributed by atoms with Gasteiger partial charge < -0.3 is 10.1 Å². The van der Waals surface area contributed by atoms with Crippen molar-refractivity contribution in [1.29, 1.82) is 0 Å². The van der Waals surface area contributed by atoms with Crippen LogP contribution in [-0.2, 0) is 17.5 Å². The molecular formula is C20H21Cl2F3N2O2. The van der Waals surface area contributed by atoms with Gasteiger partial charge in [0, 0.05) is 17.3 Å². The summed E-state index contributed by atoms with van der Waals surface area (Å²) in [5.41, 5.74) is 0.547. The number of hydrogen-bond acceptors (Lipinski definition) is 3. The van der Waals surface area contributed by atoms with Crippen molar-refractivity contribution in [3.63, 3.8) is 0 Å². The van der Waals surface area contributed by atoms with Crippen LogP contribution in [0.1, 0.15) is 25.0 Å². The number of alkyl halides is 3. The molecule has 0 spiro atoms. The maximum absolute atomic E-state index is 12.7. The average Bonchev–Trinajstić information content (AvgIpc) is 2.65. The van der Waals surface area contributed by atoms with Crippen LogP contribution in [0.5, 0.6) is 5.75 Å². The summed E-state index contributed by atoms with van der Waals surface area (Å²) >= 11 is 12.1. The number of benzene rings is 2. The second-order valence-corrected chi connectivity index (χ2v) is 7.06. The van der Waals surface area contributed by atoms with Crippen molar-refractivity contribution in [2.75, 3.05) is 25.0 Å². The van der Waals surface area contributed by atoms with Gasteiger partial charge in [0.05, 0.1) is 10.6 Å². The summed E-state index contributed by atoms with van der Waals surface area (Å²) in [7, 11) is 0. The first-order valence-electron chi connectivity index (χ1n) is 8.94. The molecule has 0 bridgehead atoms. The summed E-state index contributed by atoms with van der Waals surface area (Å²) in [6.07, 6.45) is -4.50. The first-order valence-corrected chi connectivity index (χ1v) is 9.69. The number of nitrogens with zero attached hydrogens (tertiary/aromatic N) is 1. The minimum Gasteiger partial charge on any atom is -0.482 e. The summed E-state index contributed by atoms with van der Waals surface area (Å²) in [5.74, 6) is -0.504. The van der Waals surface area contributed by atoms with Gasteiger partial charge in [-0.1, -0.05) is 43.1 Å². The van der Waals surface area contributed by atoms with Crippen LogP contribution < -0.4 is 10.1 Å². The van der Waals surface area contributed by atoms with E-state index < -0.39 is 24.3 Å². The molecule has 2 aromatic rings. The predicted octanol–water partition coefficient (Wildman–Crippen LogP) is 5.87. The van der Waals surface area contributed by atoms with Gasteiger partial charge in [0.15, 0.2) is 6.61 Å². The van der Waals surface area contributed by atoms with Gasteiger partial charge in [-0.3, -0.25) is 9.69 Å². The van der Waals surface area contributed by atoms with E-state index in [1.165, 1.54) is 0 Å². The highest BCUT2D eigenvalue weighted by molar-refractivity contribution is 6.32. The third kappa shape index (κ3) is 6.80. The summed E-state index contributed by atoms with van der Waals surface area (Å²) in [6, 6.07) is 7.88. The van der Waals surface area contributed by atoms with E-state index in [-0.39, 0.29) is 10.8 Å². The molecule has 1 amide bonds. The monoisotopic (exact) mass is 448 g/mol. The summed E-state index contributed by atoms with van der Waals surface area (Å²) < 4.78 is 43.2. The lowest BCUT2D eigenvalue weighted by molar-refractivity contribution is -0.137. The van der Waals surface area contributed by atoms with E-state index in [0.717, 1.165) is 36.9 Å². The highest BCUT2D eigenvalue weighted by Gasteiger charge is 2.31. The molecule has 4 nitrogen and oxygen atoms in total. The number of ether oxygens (including phenoxy) is 1. The number of anilines is 1. The number of halogens is 5. The molecule has 1 N–H and O–H groups in total. The second kappa shape index (κ2) is 10.2. The lowest BCUT2D eigenvalue weighted by Gasteiger charge is -2.19. The van der Waals surface area contributed by atoms with E-state index in [9.17, 15) is 18.0 Å². The number of carbonyl (C=O) groups is 1. The fourth-order valence-corrected chi connectivity index (χ4v) is 3.05. The van der Waals surface area contributed by atoms with Crippen LogP contribution in [0.15, 0.2) is 36.4 Å². The van der Waals surface area contributed by atoms with Gasteiger partial charge in [-0.25, -0.2) is 0 Å². The number of amides is 1. The number of rotatable bonds is 8. The maximum atomic E-state index is 12.7. The van der Waals surface area contributed by atoms with Crippen LogP contribution in [0.25, 0.3) is 0 Å². The molecule has 0 radical (unpaired) electrons. The lowest BCUT2D eigenvalue weighted by atomic mass is 10.2. The normalized spacial score (nSPS) is 11.6. The highest BCUT2D eigenvalue weighted by atomic mass is 35.5. The van der Waals surface area contributed by atoms with Gasteiger partial charge in [-0.2, -0.15) is 13.2 Å². The van der Waals surface area contributed by atoms with Gasteiger partial charge in [-0.05, 0) is 49.0 Å². The second-order valence-electron chi connectivity index (χ2n) is 6.25. The van der Waals surface area contributed by atoms with Crippen molar-refractivity contribution in [1.82, 2.24) is 4.90 Å². The number of carbonyl (C=O) groups excluding carboxylic acids is 1. The molecule has 29 heavy (non-hydrogen) atoms. The molecule has 0 unspecified atom stereocenters. The van der Waals surface area contributed by atoms with E-state index in [1.54, 1.807) is 12.1 Å². The van der Waals surface area contributed by atoms with Crippen LogP contribution in [-0.4, -0.2) is 30.5 Å². The maximum Gasteiger partial charge on any atom is 0.416 e. The molecule has 158 valence electrons. The molecule has 0 aliphatic carbocycles. The van der Waals surface area contributed by atoms with Crippen LogP contribution in [0.4, 0.5) is 18.9 Å². The highest BCUT2D eigenvalue weighted by Crippen LogP contribution is 2.34. The molecular weight excluding hydrogens is 428 g/mol. The fourth-order valence-electron chi connectivity index (χ4n) is 2.58. The molecule has 0 fully saturated rings. The van der Waals surface area contributed by atoms with Crippen molar-refractivity contribution in [2.24, 2.45) is 0 Å². The number of hydrogen-bond donors (Lipinski definition) is 1. The predicted molar refractivity (Wildman–Crippen MR) is 109 cm³/mol. The fraction of sp³-hybridized carbons (Fsp3) is 0.350. The Morgan fingerprint density at radius 1 is 1.07 bits per heavy atom. The minimum absolute atomic E-state index is 0.0116. The van der Waals surface area contributed by atoms with Crippen molar-refractivity contribution in [2.45, 2.75) is 26.6 Å². The van der Waals surface area contributed by atoms with Crippen LogP contribution in [0.2, 0.25) is 10.0 Å². The van der Waals surface area contributed by atoms with Gasteiger partial charge >= 0.3 is 6.18 Å². The quantitative estimate of drug-likeness (QED) is 0.548. The summed E-state index contributed by atoms with van der Waals surface area (Å²) in [6.45, 7) is 6.22. The van der Waals surface area contributed by atoms with E-state index in [4.69, 9.17) is 27.9 Å². The largest absolute Gasteiger partial charge is 0.482 e. The van der Waals surface area contributed by atoms with Crippen molar-refractivity contribution in [3.05, 3.63) is 57.6 Å². The zero-order valence-corrected chi connectivity index (χ0v) is 17.5. The first-order chi connectivity index (χ1) is 13.6. The van der Waals surface area contributed by atoms with Gasteiger partial charge in [0.25, 0.3) is 5.91 Å². The topological polar surface area (TPSA) is 41.6 Å². The Morgan fingerprint density at radius 2 is 1.76 bits per heavy atom. The van der Waals surface area contributed by atoms with Crippen molar-refractivity contribution < 1.29 is 22.7 Å². The number of nitrogens with one attached hydrogen (secondary N) is 1. The molecule has 2 rings (SSSR count). The Labute approximate surface area is 177 Å². The van der Waals surface area contributed by atoms with E-state index in [2.05, 4.69) is 24.1 Å². The SMILES string of the molecule is CCN(CC)Cc1ccc(NC(=O)COc2ccc(C(F)(F)F)cc2Cl)cc1Cl. The Hall–Kier alpha value is -1.96. The van der Waals surface area contributed by atoms with E-state index in [0.29, 0.717) is 17.3 Å². The third-order valence-electron chi connectivity index (χ3n) is 4.24.